The topological polar surface area (TPSA) is 56.1 Å². The third-order valence-electron chi connectivity index (χ3n) is 3.89. The van der Waals surface area contributed by atoms with Crippen LogP contribution in [0.5, 0.6) is 0 Å². The first-order valence-electron chi connectivity index (χ1n) is 7.28. The SMILES string of the molecule is Cc1ccccc1N1C(S)=C(C#N)C(=O)NC1c1ccccc1Cl. The Balaban J connectivity index is 2.23. The van der Waals surface area contributed by atoms with E-state index in [9.17, 15) is 10.1 Å². The Kier molecular flexibility index (Phi) is 4.52. The van der Waals surface area contributed by atoms with E-state index in [0.29, 0.717) is 10.1 Å². The van der Waals surface area contributed by atoms with Crippen LogP contribution in [-0.4, -0.2) is 5.91 Å². The molecule has 4 nitrogen and oxygen atoms in total. The van der Waals surface area contributed by atoms with Crippen molar-refractivity contribution in [3.63, 3.8) is 0 Å². The molecule has 1 N–H and O–H groups in total. The molecule has 24 heavy (non-hydrogen) atoms. The van der Waals surface area contributed by atoms with Crippen LogP contribution in [0.2, 0.25) is 5.02 Å². The van der Waals surface area contributed by atoms with Crippen LogP contribution in [-0.2, 0) is 4.79 Å². The van der Waals surface area contributed by atoms with Gasteiger partial charge in [0.2, 0.25) is 0 Å². The van der Waals surface area contributed by atoms with E-state index in [1.165, 1.54) is 0 Å². The molecular formula is C18H14ClN3OS. The molecule has 0 radical (unpaired) electrons. The number of hydrogen-bond acceptors (Lipinski definition) is 4. The van der Waals surface area contributed by atoms with Crippen LogP contribution in [0.1, 0.15) is 17.3 Å². The zero-order valence-corrected chi connectivity index (χ0v) is 14.5. The van der Waals surface area contributed by atoms with Gasteiger partial charge in [0.05, 0.1) is 5.03 Å². The zero-order valence-electron chi connectivity index (χ0n) is 12.8. The van der Waals surface area contributed by atoms with Gasteiger partial charge in [-0.1, -0.05) is 48.0 Å². The average Bonchev–Trinajstić information content (AvgIpc) is 2.56. The summed E-state index contributed by atoms with van der Waals surface area (Å²) in [6.45, 7) is 1.96. The summed E-state index contributed by atoms with van der Waals surface area (Å²) in [5.74, 6) is -0.461. The molecule has 0 aliphatic carbocycles. The Bertz CT molecular complexity index is 888. The van der Waals surface area contributed by atoms with E-state index in [0.717, 1.165) is 16.8 Å². The Morgan fingerprint density at radius 3 is 2.54 bits per heavy atom. The van der Waals surface area contributed by atoms with Crippen molar-refractivity contribution in [2.24, 2.45) is 0 Å². The Labute approximate surface area is 150 Å². The molecular weight excluding hydrogens is 342 g/mol. The van der Waals surface area contributed by atoms with Gasteiger partial charge in [-0.05, 0) is 24.6 Å². The van der Waals surface area contributed by atoms with Crippen LogP contribution in [0.25, 0.3) is 0 Å². The summed E-state index contributed by atoms with van der Waals surface area (Å²) in [5, 5.41) is 13.0. The van der Waals surface area contributed by atoms with E-state index in [1.54, 1.807) is 6.07 Å². The van der Waals surface area contributed by atoms with Gasteiger partial charge in [-0.15, -0.1) is 12.6 Å². The first-order chi connectivity index (χ1) is 11.5. The molecule has 1 unspecified atom stereocenters. The maximum absolute atomic E-state index is 12.3. The van der Waals surface area contributed by atoms with Gasteiger partial charge < -0.3 is 10.2 Å². The molecule has 0 fully saturated rings. The summed E-state index contributed by atoms with van der Waals surface area (Å²) in [6.07, 6.45) is -0.545. The second-order valence-corrected chi connectivity index (χ2v) is 6.20. The van der Waals surface area contributed by atoms with E-state index >= 15 is 0 Å². The molecule has 2 aromatic carbocycles. The molecule has 1 amide bonds. The van der Waals surface area contributed by atoms with E-state index in [4.69, 9.17) is 11.6 Å². The third kappa shape index (κ3) is 2.75. The predicted molar refractivity (Wildman–Crippen MR) is 97.6 cm³/mol. The fourth-order valence-corrected chi connectivity index (χ4v) is 3.32. The van der Waals surface area contributed by atoms with E-state index in [2.05, 4.69) is 17.9 Å². The minimum absolute atomic E-state index is 0.0233. The van der Waals surface area contributed by atoms with Gasteiger partial charge in [0, 0.05) is 16.3 Å². The lowest BCUT2D eigenvalue weighted by molar-refractivity contribution is -0.118. The highest BCUT2D eigenvalue weighted by Gasteiger charge is 2.35. The number of nitriles is 1. The number of anilines is 1. The Morgan fingerprint density at radius 2 is 1.88 bits per heavy atom. The lowest BCUT2D eigenvalue weighted by Crippen LogP contribution is -2.46. The molecule has 0 aromatic heterocycles. The van der Waals surface area contributed by atoms with E-state index in [-0.39, 0.29) is 5.57 Å². The van der Waals surface area contributed by atoms with Crippen LogP contribution in [0.3, 0.4) is 0 Å². The quantitative estimate of drug-likeness (QED) is 0.802. The first kappa shape index (κ1) is 16.4. The normalized spacial score (nSPS) is 17.5. The van der Waals surface area contributed by atoms with E-state index in [1.807, 2.05) is 60.4 Å². The van der Waals surface area contributed by atoms with Crippen molar-refractivity contribution in [2.75, 3.05) is 4.90 Å². The molecule has 120 valence electrons. The minimum Gasteiger partial charge on any atom is -0.327 e. The van der Waals surface area contributed by atoms with Crippen LogP contribution >= 0.6 is 24.2 Å². The van der Waals surface area contributed by atoms with Gasteiger partial charge in [0.15, 0.2) is 0 Å². The maximum Gasteiger partial charge on any atom is 0.266 e. The molecule has 0 spiro atoms. The highest BCUT2D eigenvalue weighted by Crippen LogP contribution is 2.38. The van der Waals surface area contributed by atoms with E-state index < -0.39 is 12.1 Å². The number of amides is 1. The van der Waals surface area contributed by atoms with Crippen LogP contribution in [0, 0.1) is 18.3 Å². The number of rotatable bonds is 2. The summed E-state index contributed by atoms with van der Waals surface area (Å²) in [4.78, 5) is 14.1. The lowest BCUT2D eigenvalue weighted by Gasteiger charge is -2.39. The molecule has 1 heterocycles. The lowest BCUT2D eigenvalue weighted by atomic mass is 10.1. The Hall–Kier alpha value is -2.42. The van der Waals surface area contributed by atoms with Crippen LogP contribution in [0.4, 0.5) is 5.69 Å². The zero-order chi connectivity index (χ0) is 17.3. The van der Waals surface area contributed by atoms with Crippen molar-refractivity contribution in [1.29, 1.82) is 5.26 Å². The summed E-state index contributed by atoms with van der Waals surface area (Å²) < 4.78 is 0. The van der Waals surface area contributed by atoms with Crippen molar-refractivity contribution in [3.05, 3.63) is 75.3 Å². The fraction of sp³-hybridized carbons (Fsp3) is 0.111. The number of benzene rings is 2. The van der Waals surface area contributed by atoms with Gasteiger partial charge in [0.25, 0.3) is 5.91 Å². The summed E-state index contributed by atoms with van der Waals surface area (Å²) in [7, 11) is 0. The van der Waals surface area contributed by atoms with Gasteiger partial charge >= 0.3 is 0 Å². The van der Waals surface area contributed by atoms with Crippen molar-refractivity contribution in [1.82, 2.24) is 5.32 Å². The van der Waals surface area contributed by atoms with Crippen molar-refractivity contribution >= 4 is 35.8 Å². The summed E-state index contributed by atoms with van der Waals surface area (Å²) in [5.41, 5.74) is 2.55. The molecule has 0 saturated carbocycles. The minimum atomic E-state index is -0.545. The monoisotopic (exact) mass is 355 g/mol. The average molecular weight is 356 g/mol. The van der Waals surface area contributed by atoms with Crippen LogP contribution in [0.15, 0.2) is 59.1 Å². The van der Waals surface area contributed by atoms with Gasteiger partial charge in [0.1, 0.15) is 17.8 Å². The fourth-order valence-electron chi connectivity index (χ4n) is 2.71. The number of carbonyl (C=O) groups is 1. The third-order valence-corrected chi connectivity index (χ3v) is 4.67. The molecule has 0 bridgehead atoms. The number of hydrogen-bond donors (Lipinski definition) is 2. The smallest absolute Gasteiger partial charge is 0.266 e. The predicted octanol–water partition coefficient (Wildman–Crippen LogP) is 3.95. The standard InChI is InChI=1S/C18H14ClN3OS/c1-11-6-2-5-9-15(11)22-16(12-7-3-4-8-14(12)19)21-17(23)13(10-20)18(22)24/h2-9,16,24H,1H3,(H,21,23). The second kappa shape index (κ2) is 6.60. The van der Waals surface area contributed by atoms with Crippen LogP contribution < -0.4 is 10.2 Å². The van der Waals surface area contributed by atoms with Crippen molar-refractivity contribution < 1.29 is 4.79 Å². The van der Waals surface area contributed by atoms with Gasteiger partial charge in [-0.2, -0.15) is 5.26 Å². The van der Waals surface area contributed by atoms with Crippen molar-refractivity contribution in [2.45, 2.75) is 13.1 Å². The highest BCUT2D eigenvalue weighted by atomic mass is 35.5. The number of nitrogens with one attached hydrogen (secondary N) is 1. The molecule has 6 heteroatoms. The summed E-state index contributed by atoms with van der Waals surface area (Å²) in [6, 6.07) is 16.9. The molecule has 1 aliphatic rings. The number of thiol groups is 1. The molecule has 1 atom stereocenters. The van der Waals surface area contributed by atoms with Gasteiger partial charge in [-0.25, -0.2) is 0 Å². The molecule has 2 aromatic rings. The Morgan fingerprint density at radius 1 is 1.21 bits per heavy atom. The van der Waals surface area contributed by atoms with Crippen molar-refractivity contribution in [3.8, 4) is 6.07 Å². The first-order valence-corrected chi connectivity index (χ1v) is 8.10. The maximum atomic E-state index is 12.3. The molecule has 0 saturated heterocycles. The summed E-state index contributed by atoms with van der Waals surface area (Å²) >= 11 is 10.8. The number of para-hydroxylation sites is 1. The number of nitrogens with zero attached hydrogens (tertiary/aromatic N) is 2. The highest BCUT2D eigenvalue weighted by molar-refractivity contribution is 7.84. The number of aryl methyl sites for hydroxylation is 1. The molecule has 3 rings (SSSR count). The van der Waals surface area contributed by atoms with Gasteiger partial charge in [-0.3, -0.25) is 4.79 Å². The molecule has 1 aliphatic heterocycles. The number of carbonyl (C=O) groups excluding carboxylic acids is 1. The number of halogens is 1. The largest absolute Gasteiger partial charge is 0.327 e. The second-order valence-electron chi connectivity index (χ2n) is 5.36.